The summed E-state index contributed by atoms with van der Waals surface area (Å²) in [6.45, 7) is 8.56. The second-order valence-corrected chi connectivity index (χ2v) is 7.18. The second kappa shape index (κ2) is 9.25. The molecule has 0 aliphatic carbocycles. The van der Waals surface area contributed by atoms with Crippen LogP contribution in [0.15, 0.2) is 28.8 Å². The average Bonchev–Trinajstić information content (AvgIpc) is 3.16. The van der Waals surface area contributed by atoms with Crippen LogP contribution in [0.1, 0.15) is 19.6 Å². The lowest BCUT2D eigenvalue weighted by molar-refractivity contribution is -0.136. The van der Waals surface area contributed by atoms with Gasteiger partial charge in [-0.2, -0.15) is 0 Å². The van der Waals surface area contributed by atoms with Gasteiger partial charge in [-0.1, -0.05) is 19.0 Å². The van der Waals surface area contributed by atoms with E-state index in [4.69, 9.17) is 9.26 Å². The van der Waals surface area contributed by atoms with Gasteiger partial charge in [-0.25, -0.2) is 8.78 Å². The fourth-order valence-electron chi connectivity index (χ4n) is 3.10. The van der Waals surface area contributed by atoms with Crippen LogP contribution in [-0.2, 0) is 16.1 Å². The van der Waals surface area contributed by atoms with Gasteiger partial charge in [0.25, 0.3) is 0 Å². The van der Waals surface area contributed by atoms with Crippen LogP contribution in [0, 0.1) is 17.6 Å². The van der Waals surface area contributed by atoms with Crippen LogP contribution in [0.5, 0.6) is 0 Å². The average molecular weight is 393 g/mol. The van der Waals surface area contributed by atoms with Crippen LogP contribution < -0.4 is 0 Å². The summed E-state index contributed by atoms with van der Waals surface area (Å²) >= 11 is 0. The van der Waals surface area contributed by atoms with Gasteiger partial charge in [-0.05, 0) is 18.2 Å². The fourth-order valence-corrected chi connectivity index (χ4v) is 3.10. The van der Waals surface area contributed by atoms with Crippen molar-refractivity contribution in [2.75, 3.05) is 39.3 Å². The third-order valence-electron chi connectivity index (χ3n) is 4.75. The zero-order chi connectivity index (χ0) is 20.1. The van der Waals surface area contributed by atoms with Crippen molar-refractivity contribution < 1.29 is 22.8 Å². The number of aromatic nitrogens is 1. The maximum absolute atomic E-state index is 13.3. The van der Waals surface area contributed by atoms with Crippen molar-refractivity contribution in [3.05, 3.63) is 41.7 Å². The van der Waals surface area contributed by atoms with Gasteiger partial charge in [0.15, 0.2) is 17.4 Å². The predicted octanol–water partition coefficient (Wildman–Crippen LogP) is 2.94. The van der Waals surface area contributed by atoms with E-state index >= 15 is 0 Å². The molecule has 1 aliphatic rings. The van der Waals surface area contributed by atoms with Gasteiger partial charge < -0.3 is 14.2 Å². The Hall–Kier alpha value is -2.32. The Balaban J connectivity index is 1.39. The van der Waals surface area contributed by atoms with Crippen molar-refractivity contribution in [3.8, 4) is 11.3 Å². The van der Waals surface area contributed by atoms with Gasteiger partial charge in [0.05, 0.1) is 6.61 Å². The molecule has 0 radical (unpaired) electrons. The molecule has 152 valence electrons. The van der Waals surface area contributed by atoms with E-state index < -0.39 is 11.6 Å². The van der Waals surface area contributed by atoms with Crippen molar-refractivity contribution in [1.82, 2.24) is 15.0 Å². The molecule has 0 spiro atoms. The molecular weight excluding hydrogens is 368 g/mol. The van der Waals surface area contributed by atoms with Crippen LogP contribution >= 0.6 is 0 Å². The van der Waals surface area contributed by atoms with E-state index in [9.17, 15) is 13.6 Å². The Morgan fingerprint density at radius 2 is 1.93 bits per heavy atom. The van der Waals surface area contributed by atoms with Gasteiger partial charge >= 0.3 is 0 Å². The highest BCUT2D eigenvalue weighted by Crippen LogP contribution is 2.21. The van der Waals surface area contributed by atoms with E-state index in [2.05, 4.69) is 10.1 Å². The summed E-state index contributed by atoms with van der Waals surface area (Å²) in [6.07, 6.45) is 0. The minimum atomic E-state index is -0.923. The molecule has 1 amide bonds. The molecule has 1 fully saturated rings. The fraction of sp³-hybridized carbons (Fsp3) is 0.500. The number of hydrogen-bond donors (Lipinski definition) is 0. The van der Waals surface area contributed by atoms with Gasteiger partial charge in [0.1, 0.15) is 12.3 Å². The summed E-state index contributed by atoms with van der Waals surface area (Å²) in [4.78, 5) is 16.2. The molecule has 1 saturated heterocycles. The molecule has 1 aromatic heterocycles. The lowest BCUT2D eigenvalue weighted by Crippen LogP contribution is -2.50. The van der Waals surface area contributed by atoms with Gasteiger partial charge in [-0.3, -0.25) is 9.69 Å². The van der Waals surface area contributed by atoms with E-state index in [0.29, 0.717) is 23.6 Å². The minimum Gasteiger partial charge on any atom is -0.372 e. The smallest absolute Gasteiger partial charge is 0.225 e. The van der Waals surface area contributed by atoms with Crippen molar-refractivity contribution >= 4 is 5.91 Å². The van der Waals surface area contributed by atoms with Crippen molar-refractivity contribution in [2.45, 2.75) is 20.5 Å². The SMILES string of the molecule is CC(C)C(=O)N1CCN(CCOCc2cc(-c3ccc(F)c(F)c3)no2)CC1. The maximum atomic E-state index is 13.3. The summed E-state index contributed by atoms with van der Waals surface area (Å²) in [5.74, 6) is -1.06. The molecule has 28 heavy (non-hydrogen) atoms. The molecule has 3 rings (SSSR count). The zero-order valence-corrected chi connectivity index (χ0v) is 16.2. The number of carbonyl (C=O) groups excluding carboxylic acids is 1. The molecule has 2 aromatic rings. The Morgan fingerprint density at radius 1 is 1.18 bits per heavy atom. The Morgan fingerprint density at radius 3 is 2.61 bits per heavy atom. The summed E-state index contributed by atoms with van der Waals surface area (Å²) in [5, 5.41) is 3.87. The monoisotopic (exact) mass is 393 g/mol. The molecule has 0 bridgehead atoms. The standard InChI is InChI=1S/C20H25F2N3O3/c1-14(2)20(26)25-7-5-24(6-8-25)9-10-27-13-16-12-19(23-28-16)15-3-4-17(21)18(22)11-15/h3-4,11-12,14H,5-10,13H2,1-2H3. The molecule has 0 unspecified atom stereocenters. The topological polar surface area (TPSA) is 58.8 Å². The number of hydrogen-bond acceptors (Lipinski definition) is 5. The lowest BCUT2D eigenvalue weighted by Gasteiger charge is -2.35. The molecule has 6 nitrogen and oxygen atoms in total. The van der Waals surface area contributed by atoms with E-state index in [1.54, 1.807) is 6.07 Å². The van der Waals surface area contributed by atoms with Crippen molar-refractivity contribution in [3.63, 3.8) is 0 Å². The quantitative estimate of drug-likeness (QED) is 0.677. The maximum Gasteiger partial charge on any atom is 0.225 e. The highest BCUT2D eigenvalue weighted by molar-refractivity contribution is 5.78. The first-order chi connectivity index (χ1) is 13.4. The molecule has 0 atom stereocenters. The van der Waals surface area contributed by atoms with E-state index in [-0.39, 0.29) is 18.4 Å². The molecule has 8 heteroatoms. The first kappa shape index (κ1) is 20.4. The number of halogens is 2. The molecular formula is C20H25F2N3O3. The van der Waals surface area contributed by atoms with Crippen LogP contribution in [0.3, 0.4) is 0 Å². The number of rotatable bonds is 7. The van der Waals surface area contributed by atoms with E-state index in [1.807, 2.05) is 18.7 Å². The van der Waals surface area contributed by atoms with E-state index in [1.165, 1.54) is 6.07 Å². The highest BCUT2D eigenvalue weighted by atomic mass is 19.2. The first-order valence-electron chi connectivity index (χ1n) is 9.44. The summed E-state index contributed by atoms with van der Waals surface area (Å²) in [5.41, 5.74) is 0.881. The van der Waals surface area contributed by atoms with Crippen LogP contribution in [-0.4, -0.2) is 60.2 Å². The van der Waals surface area contributed by atoms with Gasteiger partial charge in [0.2, 0.25) is 5.91 Å². The highest BCUT2D eigenvalue weighted by Gasteiger charge is 2.22. The molecule has 0 saturated carbocycles. The van der Waals surface area contributed by atoms with Crippen LogP contribution in [0.2, 0.25) is 0 Å². The number of carbonyl (C=O) groups is 1. The van der Waals surface area contributed by atoms with Crippen LogP contribution in [0.4, 0.5) is 8.78 Å². The Kier molecular flexibility index (Phi) is 6.74. The summed E-state index contributed by atoms with van der Waals surface area (Å²) in [6, 6.07) is 5.25. The Labute approximate surface area is 163 Å². The first-order valence-corrected chi connectivity index (χ1v) is 9.44. The molecule has 1 aromatic carbocycles. The number of nitrogens with zero attached hydrogens (tertiary/aromatic N) is 3. The number of benzene rings is 1. The summed E-state index contributed by atoms with van der Waals surface area (Å²) in [7, 11) is 0. The third kappa shape index (κ3) is 5.14. The van der Waals surface area contributed by atoms with Crippen LogP contribution in [0.25, 0.3) is 11.3 Å². The van der Waals surface area contributed by atoms with Gasteiger partial charge in [0, 0.05) is 50.3 Å². The third-order valence-corrected chi connectivity index (χ3v) is 4.75. The van der Waals surface area contributed by atoms with E-state index in [0.717, 1.165) is 44.9 Å². The number of piperazine rings is 1. The number of amides is 1. The zero-order valence-electron chi connectivity index (χ0n) is 16.2. The minimum absolute atomic E-state index is 0.0353. The van der Waals surface area contributed by atoms with Crippen molar-refractivity contribution in [1.29, 1.82) is 0 Å². The second-order valence-electron chi connectivity index (χ2n) is 7.18. The van der Waals surface area contributed by atoms with Gasteiger partial charge in [-0.15, -0.1) is 0 Å². The summed E-state index contributed by atoms with van der Waals surface area (Å²) < 4.78 is 37.2. The normalized spacial score (nSPS) is 15.4. The molecule has 1 aliphatic heterocycles. The number of ether oxygens (including phenoxy) is 1. The largest absolute Gasteiger partial charge is 0.372 e. The lowest BCUT2D eigenvalue weighted by atomic mass is 10.1. The van der Waals surface area contributed by atoms with Crippen molar-refractivity contribution in [2.24, 2.45) is 5.92 Å². The molecule has 0 N–H and O–H groups in total. The molecule has 2 heterocycles. The predicted molar refractivity (Wildman–Crippen MR) is 99.4 cm³/mol. The Bertz CT molecular complexity index is 802.